The van der Waals surface area contributed by atoms with Gasteiger partial charge in [0.1, 0.15) is 12.1 Å². The zero-order valence-electron chi connectivity index (χ0n) is 14.9. The van der Waals surface area contributed by atoms with Crippen LogP contribution in [0.2, 0.25) is 0 Å². The molecule has 1 aliphatic rings. The van der Waals surface area contributed by atoms with Crippen LogP contribution in [0.15, 0.2) is 55.2 Å². The number of fused-ring (bicyclic) bond motifs is 1. The van der Waals surface area contributed by atoms with Crippen molar-refractivity contribution in [3.63, 3.8) is 0 Å². The molecule has 2 aromatic heterocycles. The zero-order valence-corrected chi connectivity index (χ0v) is 14.9. The third kappa shape index (κ3) is 3.20. The van der Waals surface area contributed by atoms with Crippen LogP contribution >= 0.6 is 0 Å². The van der Waals surface area contributed by atoms with E-state index in [0.29, 0.717) is 11.3 Å². The monoisotopic (exact) mass is 376 g/mol. The Hall–Kier alpha value is -4.01. The predicted octanol–water partition coefficient (Wildman–Crippen LogP) is 1.81. The highest BCUT2D eigenvalue weighted by Gasteiger charge is 2.32. The summed E-state index contributed by atoms with van der Waals surface area (Å²) in [5.41, 5.74) is 1.88. The molecule has 9 heteroatoms. The molecule has 0 fully saturated rings. The number of urea groups is 1. The molecule has 0 saturated carbocycles. The minimum absolute atomic E-state index is 0.282. The Bertz CT molecular complexity index is 1060. The van der Waals surface area contributed by atoms with Gasteiger partial charge in [-0.1, -0.05) is 6.07 Å². The van der Waals surface area contributed by atoms with Gasteiger partial charge < -0.3 is 10.6 Å². The van der Waals surface area contributed by atoms with Crippen molar-refractivity contribution in [3.8, 4) is 5.82 Å². The van der Waals surface area contributed by atoms with E-state index in [0.717, 1.165) is 16.3 Å². The summed E-state index contributed by atoms with van der Waals surface area (Å²) >= 11 is 0. The summed E-state index contributed by atoms with van der Waals surface area (Å²) in [4.78, 5) is 45.4. The van der Waals surface area contributed by atoms with E-state index in [1.807, 2.05) is 12.1 Å². The molecule has 0 bridgehead atoms. The molecule has 0 unspecified atom stereocenters. The topological polar surface area (TPSA) is 109 Å². The second-order valence-electron chi connectivity index (χ2n) is 6.23. The number of pyridine rings is 1. The molecule has 4 rings (SSSR count). The first-order chi connectivity index (χ1) is 13.5. The van der Waals surface area contributed by atoms with Crippen molar-refractivity contribution in [3.05, 3.63) is 71.9 Å². The van der Waals surface area contributed by atoms with Crippen molar-refractivity contribution in [1.29, 1.82) is 0 Å². The number of carbonyl (C=O) groups excluding carboxylic acids is 3. The fourth-order valence-corrected chi connectivity index (χ4v) is 2.87. The van der Waals surface area contributed by atoms with Crippen LogP contribution in [0.3, 0.4) is 0 Å². The summed E-state index contributed by atoms with van der Waals surface area (Å²) < 4.78 is 1.78. The molecular weight excluding hydrogens is 360 g/mol. The van der Waals surface area contributed by atoms with Gasteiger partial charge >= 0.3 is 6.03 Å². The van der Waals surface area contributed by atoms with Gasteiger partial charge in [-0.05, 0) is 29.8 Å². The Kier molecular flexibility index (Phi) is 4.32. The average Bonchev–Trinajstić information content (AvgIpc) is 3.32. The Morgan fingerprint density at radius 2 is 1.93 bits per heavy atom. The number of nitrogens with zero attached hydrogens (tertiary/aromatic N) is 4. The van der Waals surface area contributed by atoms with Crippen LogP contribution in [-0.4, -0.2) is 44.3 Å². The van der Waals surface area contributed by atoms with Crippen LogP contribution in [0.25, 0.3) is 5.82 Å². The molecule has 140 valence electrons. The molecule has 4 amide bonds. The maximum absolute atomic E-state index is 12.1. The Morgan fingerprint density at radius 3 is 2.64 bits per heavy atom. The standard InChI is InChI=1S/C19H16N6O3/c1-24-17(26)14-4-3-13(8-15(14)18(24)27)23-19(28)22-10-12-2-5-16(21-9-12)25-7-6-20-11-25/h2-9,11H,10H2,1H3,(H2,22,23,28). The Balaban J connectivity index is 1.36. The molecule has 0 aliphatic carbocycles. The third-order valence-corrected chi connectivity index (χ3v) is 4.38. The highest BCUT2D eigenvalue weighted by Crippen LogP contribution is 2.24. The second kappa shape index (κ2) is 6.95. The van der Waals surface area contributed by atoms with Crippen molar-refractivity contribution in [2.45, 2.75) is 6.54 Å². The van der Waals surface area contributed by atoms with Crippen LogP contribution in [0.5, 0.6) is 0 Å². The maximum atomic E-state index is 12.1. The van der Waals surface area contributed by atoms with E-state index in [1.165, 1.54) is 19.2 Å². The Morgan fingerprint density at radius 1 is 1.11 bits per heavy atom. The third-order valence-electron chi connectivity index (χ3n) is 4.38. The van der Waals surface area contributed by atoms with E-state index in [1.54, 1.807) is 35.6 Å². The lowest BCUT2D eigenvalue weighted by Gasteiger charge is -2.09. The number of hydrogen-bond acceptors (Lipinski definition) is 5. The van der Waals surface area contributed by atoms with Gasteiger partial charge in [0.15, 0.2) is 0 Å². The molecule has 9 nitrogen and oxygen atoms in total. The Labute approximate surface area is 160 Å². The minimum Gasteiger partial charge on any atom is -0.334 e. The van der Waals surface area contributed by atoms with Gasteiger partial charge in [-0.2, -0.15) is 0 Å². The minimum atomic E-state index is -0.427. The van der Waals surface area contributed by atoms with Crippen LogP contribution in [0.4, 0.5) is 10.5 Å². The fraction of sp³-hybridized carbons (Fsp3) is 0.105. The molecular formula is C19H16N6O3. The van der Waals surface area contributed by atoms with E-state index >= 15 is 0 Å². The van der Waals surface area contributed by atoms with Gasteiger partial charge in [-0.3, -0.25) is 19.1 Å². The number of imide groups is 1. The van der Waals surface area contributed by atoms with Gasteiger partial charge in [-0.15, -0.1) is 0 Å². The van der Waals surface area contributed by atoms with Crippen LogP contribution in [0, 0.1) is 0 Å². The van der Waals surface area contributed by atoms with E-state index in [9.17, 15) is 14.4 Å². The number of hydrogen-bond donors (Lipinski definition) is 2. The predicted molar refractivity (Wildman–Crippen MR) is 100 cm³/mol. The summed E-state index contributed by atoms with van der Waals surface area (Å²) in [6, 6.07) is 7.88. The molecule has 0 atom stereocenters. The zero-order chi connectivity index (χ0) is 19.7. The normalized spacial score (nSPS) is 12.8. The molecule has 0 saturated heterocycles. The van der Waals surface area contributed by atoms with Gasteiger partial charge in [-0.25, -0.2) is 14.8 Å². The molecule has 1 aromatic carbocycles. The van der Waals surface area contributed by atoms with Crippen molar-refractivity contribution in [1.82, 2.24) is 24.8 Å². The lowest BCUT2D eigenvalue weighted by molar-refractivity contribution is 0.0693. The van der Waals surface area contributed by atoms with Crippen molar-refractivity contribution in [2.24, 2.45) is 0 Å². The molecule has 3 aromatic rings. The van der Waals surface area contributed by atoms with Crippen molar-refractivity contribution < 1.29 is 14.4 Å². The lowest BCUT2D eigenvalue weighted by atomic mass is 10.1. The highest BCUT2D eigenvalue weighted by molar-refractivity contribution is 6.21. The molecule has 28 heavy (non-hydrogen) atoms. The number of aromatic nitrogens is 3. The van der Waals surface area contributed by atoms with Crippen LogP contribution < -0.4 is 10.6 Å². The summed E-state index contributed by atoms with van der Waals surface area (Å²) in [7, 11) is 1.43. The molecule has 0 radical (unpaired) electrons. The van der Waals surface area contributed by atoms with Gasteiger partial charge in [0.2, 0.25) is 0 Å². The van der Waals surface area contributed by atoms with E-state index in [2.05, 4.69) is 20.6 Å². The smallest absolute Gasteiger partial charge is 0.319 e. The number of rotatable bonds is 4. The quantitative estimate of drug-likeness (QED) is 0.675. The van der Waals surface area contributed by atoms with Crippen LogP contribution in [0.1, 0.15) is 26.3 Å². The highest BCUT2D eigenvalue weighted by atomic mass is 16.2. The molecule has 1 aliphatic heterocycles. The summed E-state index contributed by atoms with van der Waals surface area (Å²) in [5, 5.41) is 5.39. The summed E-state index contributed by atoms with van der Waals surface area (Å²) in [6.07, 6.45) is 6.79. The van der Waals surface area contributed by atoms with Gasteiger partial charge in [0.25, 0.3) is 11.8 Å². The number of anilines is 1. The average molecular weight is 376 g/mol. The molecule has 2 N–H and O–H groups in total. The lowest BCUT2D eigenvalue weighted by Crippen LogP contribution is -2.28. The van der Waals surface area contributed by atoms with Crippen molar-refractivity contribution in [2.75, 3.05) is 12.4 Å². The number of benzene rings is 1. The maximum Gasteiger partial charge on any atom is 0.319 e. The van der Waals surface area contributed by atoms with E-state index in [4.69, 9.17) is 0 Å². The van der Waals surface area contributed by atoms with E-state index < -0.39 is 6.03 Å². The fourth-order valence-electron chi connectivity index (χ4n) is 2.87. The van der Waals surface area contributed by atoms with Gasteiger partial charge in [0.05, 0.1) is 11.1 Å². The number of amides is 4. The first kappa shape index (κ1) is 17.4. The van der Waals surface area contributed by atoms with Gasteiger partial charge in [0, 0.05) is 37.9 Å². The van der Waals surface area contributed by atoms with Crippen LogP contribution in [-0.2, 0) is 6.54 Å². The molecule has 0 spiro atoms. The molecule has 3 heterocycles. The largest absolute Gasteiger partial charge is 0.334 e. The first-order valence-electron chi connectivity index (χ1n) is 8.47. The summed E-state index contributed by atoms with van der Waals surface area (Å²) in [6.45, 7) is 0.286. The van der Waals surface area contributed by atoms with E-state index in [-0.39, 0.29) is 23.9 Å². The number of nitrogens with one attached hydrogen (secondary N) is 2. The van der Waals surface area contributed by atoms with Crippen molar-refractivity contribution >= 4 is 23.5 Å². The SMILES string of the molecule is CN1C(=O)c2ccc(NC(=O)NCc3ccc(-n4ccnc4)nc3)cc2C1=O. The number of carbonyl (C=O) groups is 3. The second-order valence-corrected chi connectivity index (χ2v) is 6.23. The summed E-state index contributed by atoms with van der Waals surface area (Å²) in [5.74, 6) is 0.00350. The first-order valence-corrected chi connectivity index (χ1v) is 8.47. The number of imidazole rings is 1.